The van der Waals surface area contributed by atoms with Gasteiger partial charge in [-0.15, -0.1) is 0 Å². The van der Waals surface area contributed by atoms with E-state index in [1.165, 1.54) is 12.5 Å². The van der Waals surface area contributed by atoms with Gasteiger partial charge in [0.1, 0.15) is 13.2 Å². The minimum atomic E-state index is -0.327. The van der Waals surface area contributed by atoms with E-state index in [1.54, 1.807) is 0 Å². The van der Waals surface area contributed by atoms with Crippen LogP contribution in [0, 0.1) is 0 Å². The molecule has 0 spiro atoms. The van der Waals surface area contributed by atoms with Gasteiger partial charge in [0.15, 0.2) is 0 Å². The molecule has 0 atom stereocenters. The molecule has 2 fully saturated rings. The second kappa shape index (κ2) is 6.09. The van der Waals surface area contributed by atoms with Gasteiger partial charge in [-0.1, -0.05) is 0 Å². The molecule has 0 N–H and O–H groups in total. The first-order chi connectivity index (χ1) is 8.77. The maximum atomic E-state index is 11.0. The van der Waals surface area contributed by atoms with E-state index in [4.69, 9.17) is 18.9 Å². The summed E-state index contributed by atoms with van der Waals surface area (Å²) in [5.41, 5.74) is 1.07. The van der Waals surface area contributed by atoms with Crippen LogP contribution in [0.3, 0.4) is 0 Å². The first-order valence-corrected chi connectivity index (χ1v) is 5.73. The summed E-state index contributed by atoms with van der Waals surface area (Å²) in [6.45, 7) is 1.43. The lowest BCUT2D eigenvalue weighted by Gasteiger charge is -2.02. The van der Waals surface area contributed by atoms with Gasteiger partial charge in [0.05, 0.1) is 36.9 Å². The number of hydrogen-bond donors (Lipinski definition) is 0. The highest BCUT2D eigenvalue weighted by Crippen LogP contribution is 2.13. The van der Waals surface area contributed by atoms with Gasteiger partial charge in [-0.3, -0.25) is 0 Å². The third kappa shape index (κ3) is 3.26. The van der Waals surface area contributed by atoms with Crippen LogP contribution in [0.2, 0.25) is 0 Å². The summed E-state index contributed by atoms with van der Waals surface area (Å²) >= 11 is 0. The molecule has 6 nitrogen and oxygen atoms in total. The van der Waals surface area contributed by atoms with Crippen molar-refractivity contribution in [2.45, 2.75) is 12.8 Å². The molecule has 18 heavy (non-hydrogen) atoms. The van der Waals surface area contributed by atoms with Gasteiger partial charge in [0.2, 0.25) is 0 Å². The van der Waals surface area contributed by atoms with Crippen molar-refractivity contribution in [1.29, 1.82) is 0 Å². The molecule has 0 aromatic rings. The number of cyclic esters (lactones) is 2. The van der Waals surface area contributed by atoms with Gasteiger partial charge >= 0.3 is 11.9 Å². The number of hydrogen-bond acceptors (Lipinski definition) is 6. The van der Waals surface area contributed by atoms with Crippen LogP contribution in [0.1, 0.15) is 12.8 Å². The molecule has 2 aliphatic rings. The third-order valence-corrected chi connectivity index (χ3v) is 2.50. The quantitative estimate of drug-likeness (QED) is 0.311. The number of carbonyl (C=O) groups is 2. The predicted molar refractivity (Wildman–Crippen MR) is 59.2 cm³/mol. The minimum Gasteiger partial charge on any atom is -0.497 e. The predicted octanol–water partition coefficient (Wildman–Crippen LogP) is 0.681. The number of carbonyl (C=O) groups excluding carboxylic acids is 2. The summed E-state index contributed by atoms with van der Waals surface area (Å²) < 4.78 is 19.8. The Hall–Kier alpha value is -1.98. The van der Waals surface area contributed by atoms with E-state index in [9.17, 15) is 9.59 Å². The summed E-state index contributed by atoms with van der Waals surface area (Å²) in [6, 6.07) is 0. The van der Waals surface area contributed by atoms with Gasteiger partial charge in [0, 0.05) is 12.8 Å². The molecular weight excluding hydrogens is 240 g/mol. The largest absolute Gasteiger partial charge is 0.497 e. The SMILES string of the molecule is O=C1OCC/C1=C\OCCO/C=C1\CCOC1=O. The van der Waals surface area contributed by atoms with Crippen LogP contribution in [0.25, 0.3) is 0 Å². The zero-order chi connectivity index (χ0) is 12.8. The summed E-state index contributed by atoms with van der Waals surface area (Å²) in [6.07, 6.45) is 3.95. The first kappa shape index (κ1) is 12.5. The van der Waals surface area contributed by atoms with Gasteiger partial charge in [0.25, 0.3) is 0 Å². The number of esters is 2. The Bertz CT molecular complexity index is 357. The average Bonchev–Trinajstić information content (AvgIpc) is 2.94. The molecular formula is C12H14O6. The summed E-state index contributed by atoms with van der Waals surface area (Å²) in [5, 5.41) is 0. The Kier molecular flexibility index (Phi) is 4.22. The maximum Gasteiger partial charge on any atom is 0.337 e. The van der Waals surface area contributed by atoms with Crippen molar-refractivity contribution < 1.29 is 28.5 Å². The second-order valence-corrected chi connectivity index (χ2v) is 3.80. The van der Waals surface area contributed by atoms with Gasteiger partial charge in [-0.2, -0.15) is 0 Å². The lowest BCUT2D eigenvalue weighted by molar-refractivity contribution is -0.136. The molecule has 0 saturated carbocycles. The van der Waals surface area contributed by atoms with Crippen molar-refractivity contribution in [3.8, 4) is 0 Å². The lowest BCUT2D eigenvalue weighted by Crippen LogP contribution is -2.01. The second-order valence-electron chi connectivity index (χ2n) is 3.80. The molecule has 2 saturated heterocycles. The summed E-state index contributed by atoms with van der Waals surface area (Å²) in [5.74, 6) is -0.654. The van der Waals surface area contributed by atoms with Crippen LogP contribution < -0.4 is 0 Å². The van der Waals surface area contributed by atoms with Crippen LogP contribution in [0.5, 0.6) is 0 Å². The molecule has 98 valence electrons. The van der Waals surface area contributed by atoms with Gasteiger partial charge < -0.3 is 18.9 Å². The Morgan fingerprint density at radius 2 is 1.33 bits per heavy atom. The van der Waals surface area contributed by atoms with E-state index >= 15 is 0 Å². The van der Waals surface area contributed by atoms with Crippen molar-refractivity contribution in [3.63, 3.8) is 0 Å². The molecule has 0 aromatic heterocycles. The van der Waals surface area contributed by atoms with Crippen LogP contribution in [-0.2, 0) is 28.5 Å². The van der Waals surface area contributed by atoms with E-state index in [-0.39, 0.29) is 11.9 Å². The molecule has 0 unspecified atom stereocenters. The Morgan fingerprint density at radius 1 is 0.889 bits per heavy atom. The normalized spacial score (nSPS) is 23.3. The standard InChI is InChI=1S/C12H14O6/c13-11-9(1-3-17-11)7-15-5-6-16-8-10-2-4-18-12(10)14/h7-8H,1-6H2/b9-7+,10-8+. The molecule has 0 bridgehead atoms. The van der Waals surface area contributed by atoms with Crippen LogP contribution >= 0.6 is 0 Å². The van der Waals surface area contributed by atoms with Crippen molar-refractivity contribution in [1.82, 2.24) is 0 Å². The molecule has 6 heteroatoms. The zero-order valence-corrected chi connectivity index (χ0v) is 9.85. The van der Waals surface area contributed by atoms with Crippen molar-refractivity contribution in [2.24, 2.45) is 0 Å². The molecule has 2 heterocycles. The fourth-order valence-corrected chi connectivity index (χ4v) is 1.53. The number of ether oxygens (including phenoxy) is 4. The van der Waals surface area contributed by atoms with E-state index in [0.29, 0.717) is 50.4 Å². The van der Waals surface area contributed by atoms with Crippen molar-refractivity contribution >= 4 is 11.9 Å². The van der Waals surface area contributed by atoms with Crippen molar-refractivity contribution in [3.05, 3.63) is 23.7 Å². The molecule has 0 amide bonds. The fraction of sp³-hybridized carbons (Fsp3) is 0.500. The topological polar surface area (TPSA) is 71.1 Å². The van der Waals surface area contributed by atoms with Crippen LogP contribution in [0.4, 0.5) is 0 Å². The van der Waals surface area contributed by atoms with Gasteiger partial charge in [-0.05, 0) is 0 Å². The molecule has 2 aliphatic heterocycles. The summed E-state index contributed by atoms with van der Waals surface area (Å²) in [7, 11) is 0. The van der Waals surface area contributed by atoms with E-state index < -0.39 is 0 Å². The monoisotopic (exact) mass is 254 g/mol. The first-order valence-electron chi connectivity index (χ1n) is 5.73. The Balaban J connectivity index is 1.62. The maximum absolute atomic E-state index is 11.0. The average molecular weight is 254 g/mol. The van der Waals surface area contributed by atoms with Crippen LogP contribution in [-0.4, -0.2) is 38.4 Å². The fourth-order valence-electron chi connectivity index (χ4n) is 1.53. The lowest BCUT2D eigenvalue weighted by atomic mass is 10.2. The molecule has 0 aromatic carbocycles. The van der Waals surface area contributed by atoms with E-state index in [1.807, 2.05) is 0 Å². The molecule has 0 radical (unpaired) electrons. The van der Waals surface area contributed by atoms with E-state index in [0.717, 1.165) is 0 Å². The van der Waals surface area contributed by atoms with Crippen molar-refractivity contribution in [2.75, 3.05) is 26.4 Å². The molecule has 0 aliphatic carbocycles. The number of rotatable bonds is 5. The third-order valence-electron chi connectivity index (χ3n) is 2.50. The Labute approximate surface area is 104 Å². The van der Waals surface area contributed by atoms with E-state index in [2.05, 4.69) is 0 Å². The van der Waals surface area contributed by atoms with Gasteiger partial charge in [-0.25, -0.2) is 9.59 Å². The highest BCUT2D eigenvalue weighted by Gasteiger charge is 2.19. The Morgan fingerprint density at radius 3 is 1.67 bits per heavy atom. The molecule has 2 rings (SSSR count). The van der Waals surface area contributed by atoms with Crippen LogP contribution in [0.15, 0.2) is 23.7 Å². The highest BCUT2D eigenvalue weighted by molar-refractivity contribution is 5.90. The zero-order valence-electron chi connectivity index (χ0n) is 9.85. The summed E-state index contributed by atoms with van der Waals surface area (Å²) in [4.78, 5) is 22.1. The minimum absolute atomic E-state index is 0.301. The highest BCUT2D eigenvalue weighted by atomic mass is 16.5. The smallest absolute Gasteiger partial charge is 0.337 e.